The molecule has 1 unspecified atom stereocenters. The van der Waals surface area contributed by atoms with Gasteiger partial charge in [-0.25, -0.2) is 13.1 Å². The van der Waals surface area contributed by atoms with Crippen LogP contribution in [0.5, 0.6) is 0 Å². The summed E-state index contributed by atoms with van der Waals surface area (Å²) >= 11 is 0. The average Bonchev–Trinajstić information content (AvgIpc) is 2.43. The average molecular weight is 308 g/mol. The lowest BCUT2D eigenvalue weighted by Gasteiger charge is -2.14. The Morgan fingerprint density at radius 3 is 2.43 bits per heavy atom. The third kappa shape index (κ3) is 7.26. The second-order valence-electron chi connectivity index (χ2n) is 5.44. The Hall–Kier alpha value is -1.38. The molecule has 0 aromatic heterocycles. The lowest BCUT2D eigenvalue weighted by molar-refractivity contribution is 0.521. The van der Waals surface area contributed by atoms with E-state index >= 15 is 0 Å². The molecular weight excluding hydrogens is 284 g/mol. The summed E-state index contributed by atoms with van der Waals surface area (Å²) in [6.07, 6.45) is 5.45. The van der Waals surface area contributed by atoms with Gasteiger partial charge >= 0.3 is 0 Å². The molecule has 0 saturated carbocycles. The summed E-state index contributed by atoms with van der Waals surface area (Å²) in [6.45, 7) is 4.06. The fourth-order valence-electron chi connectivity index (χ4n) is 2.18. The van der Waals surface area contributed by atoms with E-state index in [2.05, 4.69) is 11.6 Å². The summed E-state index contributed by atoms with van der Waals surface area (Å²) in [5.41, 5.74) is 1.23. The molecule has 5 heteroatoms. The molecule has 4 nitrogen and oxygen atoms in total. The molecule has 0 fully saturated rings. The zero-order valence-corrected chi connectivity index (χ0v) is 13.6. The third-order valence-electron chi connectivity index (χ3n) is 3.31. The van der Waals surface area contributed by atoms with Crippen molar-refractivity contribution >= 4 is 10.0 Å². The fraction of sp³-hybridized carbons (Fsp3) is 0.562. The largest absolute Gasteiger partial charge is 0.216 e. The second-order valence-corrected chi connectivity index (χ2v) is 7.19. The molecule has 0 aliphatic heterocycles. The van der Waals surface area contributed by atoms with Crippen LogP contribution in [0.3, 0.4) is 0 Å². The van der Waals surface area contributed by atoms with Gasteiger partial charge in [-0.3, -0.25) is 0 Å². The van der Waals surface area contributed by atoms with Crippen LogP contribution < -0.4 is 4.72 Å². The van der Waals surface area contributed by atoms with Crippen molar-refractivity contribution in [3.63, 3.8) is 0 Å². The number of nitriles is 1. The zero-order valence-electron chi connectivity index (χ0n) is 12.8. The maximum absolute atomic E-state index is 12.1. The first kappa shape index (κ1) is 17.7. The van der Waals surface area contributed by atoms with Crippen molar-refractivity contribution in [2.24, 2.45) is 0 Å². The molecule has 1 aromatic carbocycles. The van der Waals surface area contributed by atoms with E-state index in [1.165, 1.54) is 12.8 Å². The van der Waals surface area contributed by atoms with Crippen LogP contribution in [0.2, 0.25) is 0 Å². The normalized spacial score (nSPS) is 12.8. The van der Waals surface area contributed by atoms with Gasteiger partial charge in [0.1, 0.15) is 0 Å². The number of unbranched alkanes of at least 4 members (excludes halogenated alkanes) is 3. The molecule has 0 heterocycles. The Labute approximate surface area is 128 Å². The van der Waals surface area contributed by atoms with Crippen LogP contribution >= 0.6 is 0 Å². The minimum Gasteiger partial charge on any atom is -0.212 e. The van der Waals surface area contributed by atoms with Gasteiger partial charge in [0.25, 0.3) is 0 Å². The van der Waals surface area contributed by atoms with Crippen molar-refractivity contribution in [3.8, 4) is 6.07 Å². The molecule has 116 valence electrons. The number of hydrogen-bond acceptors (Lipinski definition) is 3. The first-order valence-electron chi connectivity index (χ1n) is 7.46. The van der Waals surface area contributed by atoms with Crippen molar-refractivity contribution in [1.82, 2.24) is 4.72 Å². The highest BCUT2D eigenvalue weighted by molar-refractivity contribution is 7.88. The van der Waals surface area contributed by atoms with Crippen LogP contribution in [0, 0.1) is 11.3 Å². The minimum absolute atomic E-state index is 0.0368. The highest BCUT2D eigenvalue weighted by Crippen LogP contribution is 2.10. The molecule has 21 heavy (non-hydrogen) atoms. The van der Waals surface area contributed by atoms with Crippen molar-refractivity contribution < 1.29 is 8.42 Å². The van der Waals surface area contributed by atoms with E-state index < -0.39 is 10.0 Å². The summed E-state index contributed by atoms with van der Waals surface area (Å²) in [7, 11) is -3.33. The van der Waals surface area contributed by atoms with Crippen LogP contribution in [-0.2, 0) is 15.8 Å². The third-order valence-corrected chi connectivity index (χ3v) is 4.79. The van der Waals surface area contributed by atoms with Crippen LogP contribution in [0.15, 0.2) is 24.3 Å². The van der Waals surface area contributed by atoms with E-state index in [0.29, 0.717) is 11.1 Å². The highest BCUT2D eigenvalue weighted by atomic mass is 32.2. The van der Waals surface area contributed by atoms with Gasteiger partial charge < -0.3 is 0 Å². The monoisotopic (exact) mass is 308 g/mol. The summed E-state index contributed by atoms with van der Waals surface area (Å²) in [4.78, 5) is 0. The van der Waals surface area contributed by atoms with E-state index in [0.717, 1.165) is 19.3 Å². The molecular formula is C16H24N2O2S. The van der Waals surface area contributed by atoms with Crippen LogP contribution in [0.4, 0.5) is 0 Å². The van der Waals surface area contributed by atoms with Gasteiger partial charge in [0.15, 0.2) is 0 Å². The number of nitrogens with one attached hydrogen (secondary N) is 1. The molecule has 1 aromatic rings. The van der Waals surface area contributed by atoms with E-state index in [1.807, 2.05) is 13.0 Å². The van der Waals surface area contributed by atoms with E-state index in [-0.39, 0.29) is 11.8 Å². The SMILES string of the molecule is CCCCCCC(C)NS(=O)(=O)Cc1ccc(C#N)cc1. The Balaban J connectivity index is 2.47. The van der Waals surface area contributed by atoms with Crippen molar-refractivity contribution in [3.05, 3.63) is 35.4 Å². The maximum atomic E-state index is 12.1. The van der Waals surface area contributed by atoms with Gasteiger partial charge in [0.05, 0.1) is 17.4 Å². The summed E-state index contributed by atoms with van der Waals surface area (Å²) in [5, 5.41) is 8.72. The van der Waals surface area contributed by atoms with E-state index in [4.69, 9.17) is 5.26 Å². The smallest absolute Gasteiger partial charge is 0.212 e. The number of sulfonamides is 1. The van der Waals surface area contributed by atoms with Crippen molar-refractivity contribution in [1.29, 1.82) is 5.26 Å². The van der Waals surface area contributed by atoms with Crippen molar-refractivity contribution in [2.45, 2.75) is 57.7 Å². The van der Waals surface area contributed by atoms with Crippen molar-refractivity contribution in [2.75, 3.05) is 0 Å². The van der Waals surface area contributed by atoms with Crippen LogP contribution in [0.1, 0.15) is 57.1 Å². The number of benzene rings is 1. The van der Waals surface area contributed by atoms with Gasteiger partial charge in [-0.05, 0) is 31.0 Å². The summed E-state index contributed by atoms with van der Waals surface area (Å²) < 4.78 is 26.9. The lowest BCUT2D eigenvalue weighted by atomic mass is 10.1. The molecule has 0 saturated heterocycles. The first-order valence-corrected chi connectivity index (χ1v) is 9.11. The van der Waals surface area contributed by atoms with Gasteiger partial charge in [-0.1, -0.05) is 44.7 Å². The predicted octanol–water partition coefficient (Wildman–Crippen LogP) is 3.34. The molecule has 1 atom stereocenters. The summed E-state index contributed by atoms with van der Waals surface area (Å²) in [5.74, 6) is -0.0436. The second kappa shape index (κ2) is 8.81. The molecule has 0 radical (unpaired) electrons. The van der Waals surface area contributed by atoms with E-state index in [9.17, 15) is 8.42 Å². The molecule has 1 N–H and O–H groups in total. The zero-order chi connectivity index (χ0) is 15.7. The predicted molar refractivity (Wildman–Crippen MR) is 85.1 cm³/mol. The lowest BCUT2D eigenvalue weighted by Crippen LogP contribution is -2.33. The quantitative estimate of drug-likeness (QED) is 0.711. The molecule has 0 spiro atoms. The van der Waals surface area contributed by atoms with Crippen LogP contribution in [-0.4, -0.2) is 14.5 Å². The van der Waals surface area contributed by atoms with Gasteiger partial charge in [0.2, 0.25) is 10.0 Å². The number of hydrogen-bond donors (Lipinski definition) is 1. The molecule has 0 aliphatic carbocycles. The Morgan fingerprint density at radius 2 is 1.86 bits per heavy atom. The van der Waals surface area contributed by atoms with Gasteiger partial charge in [0, 0.05) is 6.04 Å². The van der Waals surface area contributed by atoms with E-state index in [1.54, 1.807) is 24.3 Å². The topological polar surface area (TPSA) is 70.0 Å². The minimum atomic E-state index is -3.33. The molecule has 0 bridgehead atoms. The van der Waals surface area contributed by atoms with Gasteiger partial charge in [-0.15, -0.1) is 0 Å². The first-order chi connectivity index (χ1) is 9.96. The Bertz CT molecular complexity index is 559. The molecule has 0 amide bonds. The Kier molecular flexibility index (Phi) is 7.41. The maximum Gasteiger partial charge on any atom is 0.216 e. The standard InChI is InChI=1S/C16H24N2O2S/c1-3-4-5-6-7-14(2)18-21(19,20)13-16-10-8-15(12-17)9-11-16/h8-11,14,18H,3-7,13H2,1-2H3. The number of rotatable bonds is 9. The molecule has 1 rings (SSSR count). The Morgan fingerprint density at radius 1 is 1.19 bits per heavy atom. The van der Waals surface area contributed by atoms with Crippen LogP contribution in [0.25, 0.3) is 0 Å². The molecule has 0 aliphatic rings. The number of nitrogens with zero attached hydrogens (tertiary/aromatic N) is 1. The fourth-order valence-corrected chi connectivity index (χ4v) is 3.62. The summed E-state index contributed by atoms with van der Waals surface area (Å²) in [6, 6.07) is 8.63. The highest BCUT2D eigenvalue weighted by Gasteiger charge is 2.15. The van der Waals surface area contributed by atoms with Gasteiger partial charge in [-0.2, -0.15) is 5.26 Å².